The topological polar surface area (TPSA) is 128 Å². The van der Waals surface area contributed by atoms with Crippen LogP contribution in [0, 0.1) is 10.1 Å². The Balaban J connectivity index is 1.90. The van der Waals surface area contributed by atoms with E-state index in [9.17, 15) is 14.9 Å². The van der Waals surface area contributed by atoms with Crippen molar-refractivity contribution in [3.8, 4) is 34.5 Å². The average Bonchev–Trinajstić information content (AvgIpc) is 2.97. The third kappa shape index (κ3) is 6.81. The van der Waals surface area contributed by atoms with Crippen LogP contribution in [-0.4, -0.2) is 53.5 Å². The molecule has 0 fully saturated rings. The number of nitro benzene ring substituents is 1. The summed E-state index contributed by atoms with van der Waals surface area (Å²) >= 11 is 0. The quantitative estimate of drug-likeness (QED) is 0.135. The molecule has 1 N–H and O–H groups in total. The number of hydrogen-bond acceptors (Lipinski definition) is 9. The Morgan fingerprint density at radius 2 is 1.30 bits per heavy atom. The standard InChI is InChI=1S/C29H30N2O9/c1-35-21-10-11-22(20(17-21)9-7-19-15-25(37-3)29(40-6)26(16-19)38-4)30-27(32)12-8-18-13-23(31(33)34)28(39-5)24(14-18)36-2/h7-17H,1-6H3,(H,30,32)/b9-7?,12-8+. The van der Waals surface area contributed by atoms with Gasteiger partial charge >= 0.3 is 5.69 Å². The number of amides is 1. The van der Waals surface area contributed by atoms with Gasteiger partial charge in [0.15, 0.2) is 17.2 Å². The van der Waals surface area contributed by atoms with Crippen molar-refractivity contribution >= 4 is 35.5 Å². The fourth-order valence-electron chi connectivity index (χ4n) is 3.85. The Morgan fingerprint density at radius 3 is 1.82 bits per heavy atom. The molecule has 3 aromatic rings. The lowest BCUT2D eigenvalue weighted by molar-refractivity contribution is -0.385. The lowest BCUT2D eigenvalue weighted by Crippen LogP contribution is -2.09. The number of nitrogens with zero attached hydrogens (tertiary/aromatic N) is 1. The second-order valence-corrected chi connectivity index (χ2v) is 8.10. The number of nitrogens with one attached hydrogen (secondary N) is 1. The van der Waals surface area contributed by atoms with Gasteiger partial charge < -0.3 is 33.7 Å². The molecular formula is C29H30N2O9. The van der Waals surface area contributed by atoms with E-state index in [-0.39, 0.29) is 17.2 Å². The molecule has 11 heteroatoms. The number of rotatable bonds is 12. The molecule has 0 aromatic heterocycles. The summed E-state index contributed by atoms with van der Waals surface area (Å²) in [5, 5.41) is 14.3. The first-order valence-electron chi connectivity index (χ1n) is 11.8. The molecule has 0 atom stereocenters. The highest BCUT2D eigenvalue weighted by Gasteiger charge is 2.21. The minimum Gasteiger partial charge on any atom is -0.497 e. The van der Waals surface area contributed by atoms with Crippen LogP contribution in [0.3, 0.4) is 0 Å². The summed E-state index contributed by atoms with van der Waals surface area (Å²) in [4.78, 5) is 23.7. The van der Waals surface area contributed by atoms with Gasteiger partial charge in [-0.25, -0.2) is 0 Å². The Kier molecular flexibility index (Phi) is 9.95. The predicted molar refractivity (Wildman–Crippen MR) is 152 cm³/mol. The van der Waals surface area contributed by atoms with E-state index in [0.29, 0.717) is 39.8 Å². The van der Waals surface area contributed by atoms with Gasteiger partial charge in [0.2, 0.25) is 17.4 Å². The Morgan fingerprint density at radius 1 is 0.725 bits per heavy atom. The maximum atomic E-state index is 12.8. The molecule has 11 nitrogen and oxygen atoms in total. The zero-order valence-electron chi connectivity index (χ0n) is 23.0. The summed E-state index contributed by atoms with van der Waals surface area (Å²) < 4.78 is 31.9. The molecule has 0 saturated heterocycles. The van der Waals surface area contributed by atoms with E-state index in [1.54, 1.807) is 43.5 Å². The highest BCUT2D eigenvalue weighted by Crippen LogP contribution is 2.39. The van der Waals surface area contributed by atoms with Gasteiger partial charge in [0.1, 0.15) is 5.75 Å². The minimum atomic E-state index is -0.581. The van der Waals surface area contributed by atoms with Crippen LogP contribution in [0.15, 0.2) is 48.5 Å². The molecule has 0 aliphatic rings. The van der Waals surface area contributed by atoms with Crippen molar-refractivity contribution in [1.82, 2.24) is 0 Å². The van der Waals surface area contributed by atoms with E-state index < -0.39 is 10.8 Å². The second-order valence-electron chi connectivity index (χ2n) is 8.10. The summed E-state index contributed by atoms with van der Waals surface area (Å²) in [5.41, 5.74) is 2.05. The fourth-order valence-corrected chi connectivity index (χ4v) is 3.85. The zero-order valence-corrected chi connectivity index (χ0v) is 23.0. The lowest BCUT2D eigenvalue weighted by Gasteiger charge is -2.13. The van der Waals surface area contributed by atoms with Crippen molar-refractivity contribution in [1.29, 1.82) is 0 Å². The number of benzene rings is 3. The summed E-state index contributed by atoms with van der Waals surface area (Å²) in [6.07, 6.45) is 6.34. The molecule has 0 spiro atoms. The molecule has 0 heterocycles. The normalized spacial score (nSPS) is 10.8. The Bertz CT molecular complexity index is 1420. The fraction of sp³-hybridized carbons (Fsp3) is 0.207. The summed E-state index contributed by atoms with van der Waals surface area (Å²) in [6, 6.07) is 11.6. The number of methoxy groups -OCH3 is 6. The summed E-state index contributed by atoms with van der Waals surface area (Å²) in [7, 11) is 8.84. The van der Waals surface area contributed by atoms with E-state index >= 15 is 0 Å². The third-order valence-corrected chi connectivity index (χ3v) is 5.76. The first-order valence-corrected chi connectivity index (χ1v) is 11.8. The highest BCUT2D eigenvalue weighted by molar-refractivity contribution is 6.03. The second kappa shape index (κ2) is 13.6. The van der Waals surface area contributed by atoms with E-state index in [0.717, 1.165) is 5.56 Å². The molecule has 40 heavy (non-hydrogen) atoms. The van der Waals surface area contributed by atoms with E-state index in [1.165, 1.54) is 59.8 Å². The smallest absolute Gasteiger partial charge is 0.315 e. The average molecular weight is 551 g/mol. The van der Waals surface area contributed by atoms with Gasteiger partial charge in [-0.2, -0.15) is 0 Å². The molecule has 210 valence electrons. The van der Waals surface area contributed by atoms with Gasteiger partial charge in [-0.1, -0.05) is 12.2 Å². The van der Waals surface area contributed by atoms with Gasteiger partial charge in [0.25, 0.3) is 0 Å². The van der Waals surface area contributed by atoms with Crippen LogP contribution in [0.4, 0.5) is 11.4 Å². The van der Waals surface area contributed by atoms with Gasteiger partial charge in [0.05, 0.1) is 47.6 Å². The van der Waals surface area contributed by atoms with Crippen molar-refractivity contribution in [2.45, 2.75) is 0 Å². The molecule has 0 unspecified atom stereocenters. The number of hydrogen-bond donors (Lipinski definition) is 1. The largest absolute Gasteiger partial charge is 0.497 e. The third-order valence-electron chi connectivity index (χ3n) is 5.76. The van der Waals surface area contributed by atoms with Crippen molar-refractivity contribution in [3.05, 3.63) is 75.3 Å². The number of carbonyl (C=O) groups excluding carboxylic acids is 1. The Hall–Kier alpha value is -5.19. The van der Waals surface area contributed by atoms with Crippen LogP contribution < -0.4 is 33.7 Å². The molecule has 0 aliphatic heterocycles. The van der Waals surface area contributed by atoms with Crippen molar-refractivity contribution in [2.75, 3.05) is 48.0 Å². The van der Waals surface area contributed by atoms with Crippen LogP contribution in [0.25, 0.3) is 18.2 Å². The maximum absolute atomic E-state index is 12.8. The summed E-state index contributed by atoms with van der Waals surface area (Å²) in [5.74, 6) is 1.79. The van der Waals surface area contributed by atoms with Crippen LogP contribution in [-0.2, 0) is 4.79 Å². The van der Waals surface area contributed by atoms with E-state index in [2.05, 4.69) is 5.32 Å². The SMILES string of the molecule is COc1ccc(NC(=O)/C=C/c2cc(OC)c(OC)c([N+](=O)[O-])c2)c(C=Cc2cc(OC)c(OC)c(OC)c2)c1. The number of nitro groups is 1. The molecule has 0 saturated carbocycles. The van der Waals surface area contributed by atoms with Gasteiger partial charge in [-0.15, -0.1) is 0 Å². The van der Waals surface area contributed by atoms with Crippen LogP contribution in [0.2, 0.25) is 0 Å². The molecule has 0 radical (unpaired) electrons. The molecule has 3 aromatic carbocycles. The lowest BCUT2D eigenvalue weighted by atomic mass is 10.1. The van der Waals surface area contributed by atoms with Crippen LogP contribution in [0.1, 0.15) is 16.7 Å². The van der Waals surface area contributed by atoms with Gasteiger partial charge in [0, 0.05) is 23.4 Å². The maximum Gasteiger partial charge on any atom is 0.315 e. The van der Waals surface area contributed by atoms with Crippen LogP contribution >= 0.6 is 0 Å². The molecule has 1 amide bonds. The van der Waals surface area contributed by atoms with Crippen LogP contribution in [0.5, 0.6) is 34.5 Å². The monoisotopic (exact) mass is 550 g/mol. The van der Waals surface area contributed by atoms with E-state index in [4.69, 9.17) is 28.4 Å². The van der Waals surface area contributed by atoms with Crippen molar-refractivity contribution in [2.24, 2.45) is 0 Å². The zero-order chi connectivity index (χ0) is 29.2. The number of carbonyl (C=O) groups is 1. The first-order chi connectivity index (χ1) is 19.3. The predicted octanol–water partition coefficient (Wildman–Crippen LogP) is 5.47. The molecule has 3 rings (SSSR count). The first kappa shape index (κ1) is 29.4. The van der Waals surface area contributed by atoms with Crippen molar-refractivity contribution in [3.63, 3.8) is 0 Å². The molecule has 0 aliphatic carbocycles. The van der Waals surface area contributed by atoms with E-state index in [1.807, 2.05) is 6.08 Å². The number of ether oxygens (including phenoxy) is 6. The summed E-state index contributed by atoms with van der Waals surface area (Å²) in [6.45, 7) is 0. The highest BCUT2D eigenvalue weighted by atomic mass is 16.6. The van der Waals surface area contributed by atoms with Gasteiger partial charge in [-0.05, 0) is 53.6 Å². The number of anilines is 1. The van der Waals surface area contributed by atoms with Gasteiger partial charge in [-0.3, -0.25) is 14.9 Å². The molecular weight excluding hydrogens is 520 g/mol. The van der Waals surface area contributed by atoms with Crippen molar-refractivity contribution < 1.29 is 38.1 Å². The molecule has 0 bridgehead atoms. The Labute approximate surface area is 231 Å². The minimum absolute atomic E-state index is 0.00383.